The first-order valence-electron chi connectivity index (χ1n) is 10.5. The van der Waals surface area contributed by atoms with Crippen molar-refractivity contribution in [2.24, 2.45) is 0 Å². The van der Waals surface area contributed by atoms with Gasteiger partial charge in [0.1, 0.15) is 0 Å². The molecule has 0 fully saturated rings. The van der Waals surface area contributed by atoms with E-state index in [0.717, 1.165) is 57.1 Å². The van der Waals surface area contributed by atoms with Gasteiger partial charge in [0.2, 0.25) is 0 Å². The third-order valence-corrected chi connectivity index (χ3v) is 6.66. The van der Waals surface area contributed by atoms with E-state index >= 15 is 0 Å². The molecule has 0 radical (unpaired) electrons. The first-order chi connectivity index (χ1) is 14.5. The van der Waals surface area contributed by atoms with Crippen molar-refractivity contribution < 1.29 is 9.59 Å². The highest BCUT2D eigenvalue weighted by Gasteiger charge is 2.41. The van der Waals surface area contributed by atoms with Crippen molar-refractivity contribution >= 4 is 66.2 Å². The Hall–Kier alpha value is -1.92. The summed E-state index contributed by atoms with van der Waals surface area (Å²) in [5, 5.41) is 0. The highest BCUT2D eigenvalue weighted by atomic mass is 79.9. The van der Waals surface area contributed by atoms with Crippen molar-refractivity contribution in [3.05, 3.63) is 56.5 Å². The van der Waals surface area contributed by atoms with Crippen molar-refractivity contribution in [2.45, 2.75) is 39.5 Å². The molecule has 0 aliphatic carbocycles. The van der Waals surface area contributed by atoms with Gasteiger partial charge in [0.15, 0.2) is 0 Å². The molecule has 0 bridgehead atoms. The first kappa shape index (κ1) is 21.3. The fourth-order valence-corrected chi connectivity index (χ4v) is 4.86. The zero-order valence-electron chi connectivity index (χ0n) is 17.2. The molecule has 30 heavy (non-hydrogen) atoms. The van der Waals surface area contributed by atoms with Gasteiger partial charge < -0.3 is 9.80 Å². The maximum atomic E-state index is 13.6. The summed E-state index contributed by atoms with van der Waals surface area (Å²) in [6, 6.07) is 11.7. The molecule has 0 saturated heterocycles. The van der Waals surface area contributed by atoms with Crippen LogP contribution in [-0.4, -0.2) is 24.9 Å². The highest BCUT2D eigenvalue weighted by Crippen LogP contribution is 2.47. The molecule has 4 nitrogen and oxygen atoms in total. The normalized spacial score (nSPS) is 17.7. The molecule has 2 aromatic carbocycles. The van der Waals surface area contributed by atoms with Crippen LogP contribution in [0.5, 0.6) is 0 Å². The van der Waals surface area contributed by atoms with Crippen LogP contribution in [0.15, 0.2) is 45.3 Å². The summed E-state index contributed by atoms with van der Waals surface area (Å²) in [5.41, 5.74) is 4.50. The zero-order valence-corrected chi connectivity index (χ0v) is 20.3. The number of fused-ring (bicyclic) bond motifs is 2. The van der Waals surface area contributed by atoms with Crippen LogP contribution in [0.4, 0.5) is 11.4 Å². The lowest BCUT2D eigenvalue weighted by atomic mass is 9.96. The average Bonchev–Trinajstić information content (AvgIpc) is 3.14. The predicted molar refractivity (Wildman–Crippen MR) is 130 cm³/mol. The van der Waals surface area contributed by atoms with Gasteiger partial charge in [0, 0.05) is 33.2 Å². The summed E-state index contributed by atoms with van der Waals surface area (Å²) >= 11 is 7.07. The Bertz CT molecular complexity index is 978. The van der Waals surface area contributed by atoms with Gasteiger partial charge in [-0.3, -0.25) is 9.59 Å². The second-order valence-corrected chi connectivity index (χ2v) is 9.52. The molecule has 0 atom stereocenters. The van der Waals surface area contributed by atoms with E-state index in [1.165, 1.54) is 0 Å². The van der Waals surface area contributed by atoms with Gasteiger partial charge in [0.25, 0.3) is 11.8 Å². The number of nitrogens with zero attached hydrogens (tertiary/aromatic N) is 2. The van der Waals surface area contributed by atoms with E-state index < -0.39 is 0 Å². The Morgan fingerprint density at radius 3 is 1.47 bits per heavy atom. The number of carbonyl (C=O) groups excluding carboxylic acids is 2. The fraction of sp³-hybridized carbons (Fsp3) is 0.333. The molecule has 0 aromatic heterocycles. The highest BCUT2D eigenvalue weighted by molar-refractivity contribution is 9.10. The van der Waals surface area contributed by atoms with Crippen LogP contribution in [0.3, 0.4) is 0 Å². The molecule has 0 spiro atoms. The third kappa shape index (κ3) is 3.54. The maximum Gasteiger partial charge on any atom is 0.259 e. The number of halogens is 2. The number of amides is 2. The monoisotopic (exact) mass is 530 g/mol. The number of carbonyl (C=O) groups is 2. The molecule has 0 saturated carbocycles. The van der Waals surface area contributed by atoms with Crippen LogP contribution in [0, 0.1) is 0 Å². The van der Waals surface area contributed by atoms with Crippen LogP contribution >= 0.6 is 31.9 Å². The number of unbranched alkanes of at least 4 members (excludes halogenated alkanes) is 2. The summed E-state index contributed by atoms with van der Waals surface area (Å²) in [4.78, 5) is 30.8. The SMILES string of the molecule is CCCCN1C(=O)/C(=C2\C(=O)N(CCCC)c3cc(Br)ccc32)c2ccc(Br)cc21. The number of benzene rings is 2. The topological polar surface area (TPSA) is 40.6 Å². The maximum absolute atomic E-state index is 13.6. The summed E-state index contributed by atoms with van der Waals surface area (Å²) in [5.74, 6) is -0.155. The Labute approximate surface area is 194 Å². The average molecular weight is 532 g/mol. The lowest BCUT2D eigenvalue weighted by Gasteiger charge is -2.17. The Balaban J connectivity index is 1.92. The summed E-state index contributed by atoms with van der Waals surface area (Å²) < 4.78 is 1.85. The van der Waals surface area contributed by atoms with Crippen molar-refractivity contribution in [1.82, 2.24) is 0 Å². The Morgan fingerprint density at radius 1 is 0.700 bits per heavy atom. The number of hydrogen-bond donors (Lipinski definition) is 0. The van der Waals surface area contributed by atoms with Crippen molar-refractivity contribution in [1.29, 1.82) is 0 Å². The van der Waals surface area contributed by atoms with Crippen LogP contribution in [0.2, 0.25) is 0 Å². The third-order valence-electron chi connectivity index (χ3n) is 5.68. The van der Waals surface area contributed by atoms with E-state index in [2.05, 4.69) is 45.7 Å². The van der Waals surface area contributed by atoms with Crippen LogP contribution in [-0.2, 0) is 9.59 Å². The molecule has 4 rings (SSSR count). The molecule has 2 aliphatic rings. The molecule has 6 heteroatoms. The van der Waals surface area contributed by atoms with E-state index in [-0.39, 0.29) is 11.8 Å². The summed E-state index contributed by atoms with van der Waals surface area (Å²) in [6.45, 7) is 5.52. The van der Waals surface area contributed by atoms with Gasteiger partial charge >= 0.3 is 0 Å². The van der Waals surface area contributed by atoms with Gasteiger partial charge in [-0.25, -0.2) is 0 Å². The minimum absolute atomic E-state index is 0.0777. The fourth-order valence-electron chi connectivity index (χ4n) is 4.16. The van der Waals surface area contributed by atoms with Crippen LogP contribution < -0.4 is 9.80 Å². The zero-order chi connectivity index (χ0) is 21.4. The molecule has 0 N–H and O–H groups in total. The van der Waals surface area contributed by atoms with Gasteiger partial charge in [-0.1, -0.05) is 70.7 Å². The minimum Gasteiger partial charge on any atom is -0.308 e. The second kappa shape index (κ2) is 8.67. The van der Waals surface area contributed by atoms with Crippen molar-refractivity contribution in [2.75, 3.05) is 22.9 Å². The molecule has 0 unspecified atom stereocenters. The van der Waals surface area contributed by atoms with Crippen molar-refractivity contribution in [3.8, 4) is 0 Å². The van der Waals surface area contributed by atoms with Gasteiger partial charge in [0.05, 0.1) is 22.5 Å². The van der Waals surface area contributed by atoms with Gasteiger partial charge in [-0.05, 0) is 37.1 Å². The lowest BCUT2D eigenvalue weighted by molar-refractivity contribution is -0.114. The van der Waals surface area contributed by atoms with E-state index in [9.17, 15) is 9.59 Å². The number of hydrogen-bond acceptors (Lipinski definition) is 2. The molecule has 2 heterocycles. The van der Waals surface area contributed by atoms with Crippen LogP contribution in [0.25, 0.3) is 11.1 Å². The first-order valence-corrected chi connectivity index (χ1v) is 12.0. The van der Waals surface area contributed by atoms with E-state index in [1.807, 2.05) is 46.2 Å². The largest absolute Gasteiger partial charge is 0.308 e. The molecular formula is C24H24Br2N2O2. The van der Waals surface area contributed by atoms with Gasteiger partial charge in [-0.15, -0.1) is 0 Å². The van der Waals surface area contributed by atoms with Crippen LogP contribution in [0.1, 0.15) is 50.7 Å². The standard InChI is InChI=1S/C24H24Br2N2O2/c1-3-5-11-27-19-13-15(25)7-9-17(19)21(23(27)29)22-18-10-8-16(26)14-20(18)28(24(22)30)12-6-4-2/h7-10,13-14H,3-6,11-12H2,1-2H3/b22-21-. The van der Waals surface area contributed by atoms with Crippen molar-refractivity contribution in [3.63, 3.8) is 0 Å². The Morgan fingerprint density at radius 2 is 1.10 bits per heavy atom. The van der Waals surface area contributed by atoms with E-state index in [0.29, 0.717) is 24.2 Å². The molecule has 156 valence electrons. The Kier molecular flexibility index (Phi) is 6.16. The number of rotatable bonds is 6. The molecule has 2 aromatic rings. The molecule has 2 aliphatic heterocycles. The lowest BCUT2D eigenvalue weighted by Crippen LogP contribution is -2.30. The predicted octanol–water partition coefficient (Wildman–Crippen LogP) is 6.42. The quantitative estimate of drug-likeness (QED) is 0.404. The number of anilines is 2. The summed E-state index contributed by atoms with van der Waals surface area (Å²) in [7, 11) is 0. The van der Waals surface area contributed by atoms with Gasteiger partial charge in [-0.2, -0.15) is 0 Å². The van der Waals surface area contributed by atoms with E-state index in [1.54, 1.807) is 0 Å². The molecular weight excluding hydrogens is 508 g/mol. The summed E-state index contributed by atoms with van der Waals surface area (Å²) in [6.07, 6.45) is 3.83. The van der Waals surface area contributed by atoms with E-state index in [4.69, 9.17) is 0 Å². The second-order valence-electron chi connectivity index (χ2n) is 7.69. The minimum atomic E-state index is -0.0777. The smallest absolute Gasteiger partial charge is 0.259 e. The molecule has 2 amide bonds.